The van der Waals surface area contributed by atoms with Crippen LogP contribution in [0.4, 0.5) is 0 Å². The van der Waals surface area contributed by atoms with Gasteiger partial charge in [-0.2, -0.15) is 12.8 Å². The number of hydrogen-bond donors (Lipinski definition) is 0. The van der Waals surface area contributed by atoms with Crippen LogP contribution in [0.1, 0.15) is 33.1 Å². The van der Waals surface area contributed by atoms with Crippen molar-refractivity contribution in [1.29, 1.82) is 0 Å². The van der Waals surface area contributed by atoms with Gasteiger partial charge >= 0.3 is 18.9 Å². The van der Waals surface area contributed by atoms with Crippen LogP contribution in [-0.4, -0.2) is 0 Å². The van der Waals surface area contributed by atoms with E-state index in [1.165, 1.54) is 19.3 Å². The predicted octanol–water partition coefficient (Wildman–Crippen LogP) is -0.595. The normalized spacial score (nSPS) is 7.71. The number of hydrogen-bond acceptors (Lipinski definition) is 0. The molecule has 0 radical (unpaired) electrons. The van der Waals surface area contributed by atoms with Crippen LogP contribution in [0.3, 0.4) is 0 Å². The molecular formula is C6H13Li. The average Bonchev–Trinajstić information content (AvgIpc) is 1.61. The number of rotatable bonds is 3. The summed E-state index contributed by atoms with van der Waals surface area (Å²) >= 11 is 0. The zero-order chi connectivity index (χ0) is 4.83. The van der Waals surface area contributed by atoms with E-state index in [0.29, 0.717) is 0 Å². The molecule has 0 aliphatic carbocycles. The molecule has 38 valence electrons. The van der Waals surface area contributed by atoms with Crippen molar-refractivity contribution in [2.45, 2.75) is 33.1 Å². The minimum absolute atomic E-state index is 0. The van der Waals surface area contributed by atoms with E-state index in [4.69, 9.17) is 0 Å². The van der Waals surface area contributed by atoms with Gasteiger partial charge in [0.05, 0.1) is 0 Å². The van der Waals surface area contributed by atoms with E-state index in [0.717, 1.165) is 0 Å². The quantitative estimate of drug-likeness (QED) is 0.248. The second-order valence-electron chi connectivity index (χ2n) is 1.49. The van der Waals surface area contributed by atoms with Crippen molar-refractivity contribution in [3.05, 3.63) is 6.42 Å². The van der Waals surface area contributed by atoms with Crippen LogP contribution in [0.2, 0.25) is 0 Å². The summed E-state index contributed by atoms with van der Waals surface area (Å²) in [6.07, 6.45) is 6.12. The fraction of sp³-hybridized carbons (Fsp3) is 0.833. The zero-order valence-corrected chi connectivity index (χ0v) is 5.70. The largest absolute Gasteiger partial charge is 1.00 e. The molecule has 0 nitrogen and oxygen atoms in total. The maximum absolute atomic E-state index is 2.31. The molecule has 0 spiro atoms. The monoisotopic (exact) mass is 92.1 g/mol. The third kappa shape index (κ3) is 10.8. The third-order valence-electron chi connectivity index (χ3n) is 0.781. The topological polar surface area (TPSA) is 0 Å². The third-order valence-corrected chi connectivity index (χ3v) is 0.781. The summed E-state index contributed by atoms with van der Waals surface area (Å²) in [6.45, 7) is 4.38. The molecule has 0 amide bonds. The van der Waals surface area contributed by atoms with E-state index in [2.05, 4.69) is 20.3 Å². The Bertz CT molecular complexity index is 16.1. The van der Waals surface area contributed by atoms with Gasteiger partial charge in [0, 0.05) is 0 Å². The minimum Gasteiger partial charge on any atom is -0.329 e. The maximum atomic E-state index is 2.31. The van der Waals surface area contributed by atoms with Gasteiger partial charge in [0.25, 0.3) is 0 Å². The first-order valence-electron chi connectivity index (χ1n) is 2.73. The van der Waals surface area contributed by atoms with Crippen molar-refractivity contribution >= 4 is 0 Å². The molecule has 0 saturated heterocycles. The zero-order valence-electron chi connectivity index (χ0n) is 5.70. The van der Waals surface area contributed by atoms with Gasteiger partial charge in [-0.3, -0.25) is 0 Å². The van der Waals surface area contributed by atoms with Crippen molar-refractivity contribution in [1.82, 2.24) is 0 Å². The molecule has 0 rings (SSSR count). The van der Waals surface area contributed by atoms with Gasteiger partial charge in [-0.15, -0.1) is 0 Å². The van der Waals surface area contributed by atoms with E-state index in [-0.39, 0.29) is 18.9 Å². The van der Waals surface area contributed by atoms with Gasteiger partial charge in [0.15, 0.2) is 0 Å². The molecule has 0 aromatic carbocycles. The first kappa shape index (κ1) is 10.6. The average molecular weight is 92.1 g/mol. The Kier molecular flexibility index (Phi) is 14.7. The molecule has 0 bridgehead atoms. The van der Waals surface area contributed by atoms with Crippen molar-refractivity contribution in [2.24, 2.45) is 0 Å². The fourth-order valence-corrected chi connectivity index (χ4v) is 0.408. The maximum Gasteiger partial charge on any atom is 1.00 e. The Hall–Kier alpha value is 0.597. The summed E-state index contributed by atoms with van der Waals surface area (Å²) in [5.41, 5.74) is 0. The first-order chi connectivity index (χ1) is 2.91. The standard InChI is InChI=1S/C6H13.Li/c1-3-5-6-4-2;/h5H,3-4,6H2,1-2H3;/q-1;+1. The summed E-state index contributed by atoms with van der Waals surface area (Å²) in [4.78, 5) is 0. The Balaban J connectivity index is 0. The SMILES string of the molecule is CC[CH-]CCC.[Li+]. The molecule has 0 aromatic rings. The van der Waals surface area contributed by atoms with Gasteiger partial charge in [-0.1, -0.05) is 20.3 Å². The second kappa shape index (κ2) is 9.78. The molecule has 0 fully saturated rings. The molecule has 0 saturated carbocycles. The Morgan fingerprint density at radius 3 is 2.00 bits per heavy atom. The molecule has 0 aliphatic heterocycles. The molecule has 7 heavy (non-hydrogen) atoms. The first-order valence-corrected chi connectivity index (χ1v) is 2.73. The van der Waals surface area contributed by atoms with E-state index in [1.807, 2.05) is 0 Å². The molecule has 0 aromatic heterocycles. The fourth-order valence-electron chi connectivity index (χ4n) is 0.408. The summed E-state index contributed by atoms with van der Waals surface area (Å²) in [7, 11) is 0. The Morgan fingerprint density at radius 1 is 1.29 bits per heavy atom. The molecule has 0 heterocycles. The molecule has 0 N–H and O–H groups in total. The van der Waals surface area contributed by atoms with Crippen molar-refractivity contribution in [2.75, 3.05) is 0 Å². The van der Waals surface area contributed by atoms with Crippen molar-refractivity contribution < 1.29 is 18.9 Å². The van der Waals surface area contributed by atoms with Gasteiger partial charge in [0.2, 0.25) is 0 Å². The minimum atomic E-state index is 0. The van der Waals surface area contributed by atoms with Crippen LogP contribution in [0.5, 0.6) is 0 Å². The van der Waals surface area contributed by atoms with E-state index >= 15 is 0 Å². The summed E-state index contributed by atoms with van der Waals surface area (Å²) < 4.78 is 0. The van der Waals surface area contributed by atoms with Crippen LogP contribution in [-0.2, 0) is 0 Å². The van der Waals surface area contributed by atoms with Crippen LogP contribution < -0.4 is 18.9 Å². The van der Waals surface area contributed by atoms with Gasteiger partial charge < -0.3 is 6.42 Å². The number of unbranched alkanes of at least 4 members (excludes halogenated alkanes) is 3. The van der Waals surface area contributed by atoms with Crippen LogP contribution in [0.25, 0.3) is 0 Å². The van der Waals surface area contributed by atoms with Gasteiger partial charge in [0.1, 0.15) is 0 Å². The summed E-state index contributed by atoms with van der Waals surface area (Å²) in [5, 5.41) is 0. The molecule has 1 heteroatoms. The van der Waals surface area contributed by atoms with E-state index in [1.54, 1.807) is 0 Å². The molecule has 0 atom stereocenters. The van der Waals surface area contributed by atoms with E-state index < -0.39 is 0 Å². The smallest absolute Gasteiger partial charge is 0.329 e. The summed E-state index contributed by atoms with van der Waals surface area (Å²) in [6, 6.07) is 0. The molecule has 0 unspecified atom stereocenters. The Labute approximate surface area is 58.9 Å². The van der Waals surface area contributed by atoms with Gasteiger partial charge in [-0.25, -0.2) is 0 Å². The van der Waals surface area contributed by atoms with Gasteiger partial charge in [-0.05, 0) is 0 Å². The molecule has 0 aliphatic rings. The van der Waals surface area contributed by atoms with Crippen molar-refractivity contribution in [3.63, 3.8) is 0 Å². The van der Waals surface area contributed by atoms with Crippen LogP contribution >= 0.6 is 0 Å². The summed E-state index contributed by atoms with van der Waals surface area (Å²) in [5.74, 6) is 0. The predicted molar refractivity (Wildman–Crippen MR) is 29.5 cm³/mol. The Morgan fingerprint density at radius 2 is 1.86 bits per heavy atom. The molecular weight excluding hydrogens is 79.0 g/mol. The van der Waals surface area contributed by atoms with Crippen molar-refractivity contribution in [3.8, 4) is 0 Å². The van der Waals surface area contributed by atoms with Crippen LogP contribution in [0, 0.1) is 6.42 Å². The van der Waals surface area contributed by atoms with E-state index in [9.17, 15) is 0 Å². The second-order valence-corrected chi connectivity index (χ2v) is 1.49. The van der Waals surface area contributed by atoms with Crippen LogP contribution in [0.15, 0.2) is 0 Å².